The molecule has 0 radical (unpaired) electrons. The monoisotopic (exact) mass is 273 g/mol. The smallest absolute Gasteiger partial charge is 0.319 e. The van der Waals surface area contributed by atoms with Crippen LogP contribution in [-0.2, 0) is 6.54 Å². The number of carbonyl (C=O) groups excluding carboxylic acids is 1. The molecule has 1 aliphatic heterocycles. The maximum atomic E-state index is 11.2. The Hall–Kier alpha value is -2.07. The lowest BCUT2D eigenvalue weighted by Crippen LogP contribution is -2.33. The molecule has 5 heteroatoms. The SMILES string of the molecule is O=C1NCc2cc(C(Cl)c3cccnc3)ccc2N1. The van der Waals surface area contributed by atoms with E-state index in [1.54, 1.807) is 12.4 Å². The van der Waals surface area contributed by atoms with Crippen molar-refractivity contribution in [2.45, 2.75) is 11.9 Å². The van der Waals surface area contributed by atoms with Gasteiger partial charge in [-0.25, -0.2) is 4.79 Å². The molecule has 0 saturated heterocycles. The number of aromatic nitrogens is 1. The summed E-state index contributed by atoms with van der Waals surface area (Å²) in [4.78, 5) is 15.3. The number of alkyl halides is 1. The Morgan fingerprint density at radius 2 is 2.16 bits per heavy atom. The van der Waals surface area contributed by atoms with Crippen LogP contribution in [0.1, 0.15) is 22.1 Å². The van der Waals surface area contributed by atoms with Crippen LogP contribution in [0.25, 0.3) is 0 Å². The molecule has 0 bridgehead atoms. The molecular formula is C14H12ClN3O. The fourth-order valence-corrected chi connectivity index (χ4v) is 2.36. The van der Waals surface area contributed by atoms with Crippen LogP contribution in [0.4, 0.5) is 10.5 Å². The Balaban J connectivity index is 1.92. The lowest BCUT2D eigenvalue weighted by atomic mass is 10.0. The van der Waals surface area contributed by atoms with Crippen LogP contribution in [0.3, 0.4) is 0 Å². The number of hydrogen-bond acceptors (Lipinski definition) is 2. The number of anilines is 1. The first-order valence-corrected chi connectivity index (χ1v) is 6.39. The van der Waals surface area contributed by atoms with Gasteiger partial charge in [0.15, 0.2) is 0 Å². The molecule has 4 nitrogen and oxygen atoms in total. The maximum absolute atomic E-state index is 11.2. The van der Waals surface area contributed by atoms with Gasteiger partial charge in [0, 0.05) is 24.6 Å². The molecular weight excluding hydrogens is 262 g/mol. The third-order valence-electron chi connectivity index (χ3n) is 3.09. The van der Waals surface area contributed by atoms with Crippen molar-refractivity contribution in [2.75, 3.05) is 5.32 Å². The zero-order chi connectivity index (χ0) is 13.2. The number of urea groups is 1. The summed E-state index contributed by atoms with van der Waals surface area (Å²) < 4.78 is 0. The highest BCUT2D eigenvalue weighted by Crippen LogP contribution is 2.31. The normalized spacial score (nSPS) is 15.1. The summed E-state index contributed by atoms with van der Waals surface area (Å²) >= 11 is 6.46. The van der Waals surface area contributed by atoms with E-state index in [-0.39, 0.29) is 11.4 Å². The van der Waals surface area contributed by atoms with Crippen LogP contribution < -0.4 is 10.6 Å². The molecule has 0 spiro atoms. The van der Waals surface area contributed by atoms with Crippen LogP contribution in [0, 0.1) is 0 Å². The van der Waals surface area contributed by atoms with Gasteiger partial charge in [-0.15, -0.1) is 11.6 Å². The van der Waals surface area contributed by atoms with E-state index in [4.69, 9.17) is 11.6 Å². The molecule has 1 atom stereocenters. The van der Waals surface area contributed by atoms with Crippen molar-refractivity contribution in [2.24, 2.45) is 0 Å². The number of pyridine rings is 1. The average molecular weight is 274 g/mol. The summed E-state index contributed by atoms with van der Waals surface area (Å²) in [5.41, 5.74) is 3.82. The van der Waals surface area contributed by atoms with Gasteiger partial charge in [-0.1, -0.05) is 18.2 Å². The Labute approximate surface area is 115 Å². The van der Waals surface area contributed by atoms with Gasteiger partial charge in [-0.3, -0.25) is 4.98 Å². The number of rotatable bonds is 2. The number of amides is 2. The number of carbonyl (C=O) groups is 1. The highest BCUT2D eigenvalue weighted by atomic mass is 35.5. The first-order chi connectivity index (χ1) is 9.24. The second-order valence-corrected chi connectivity index (χ2v) is 4.81. The van der Waals surface area contributed by atoms with Gasteiger partial charge in [0.25, 0.3) is 0 Å². The number of fused-ring (bicyclic) bond motifs is 1. The lowest BCUT2D eigenvalue weighted by Gasteiger charge is -2.20. The van der Waals surface area contributed by atoms with Gasteiger partial charge >= 0.3 is 6.03 Å². The van der Waals surface area contributed by atoms with Crippen LogP contribution in [0.2, 0.25) is 0 Å². The minimum Gasteiger partial charge on any atom is -0.334 e. The first-order valence-electron chi connectivity index (χ1n) is 5.96. The molecule has 3 rings (SSSR count). The van der Waals surface area contributed by atoms with E-state index in [0.717, 1.165) is 22.4 Å². The van der Waals surface area contributed by atoms with Crippen molar-refractivity contribution in [3.05, 3.63) is 59.4 Å². The van der Waals surface area contributed by atoms with Gasteiger partial charge < -0.3 is 10.6 Å². The minimum atomic E-state index is -0.239. The number of benzene rings is 1. The summed E-state index contributed by atoms with van der Waals surface area (Å²) in [5, 5.41) is 5.26. The molecule has 2 heterocycles. The Morgan fingerprint density at radius 3 is 2.95 bits per heavy atom. The van der Waals surface area contributed by atoms with E-state index >= 15 is 0 Å². The van der Waals surface area contributed by atoms with E-state index < -0.39 is 0 Å². The van der Waals surface area contributed by atoms with Crippen molar-refractivity contribution in [3.8, 4) is 0 Å². The van der Waals surface area contributed by atoms with Crippen molar-refractivity contribution >= 4 is 23.3 Å². The number of nitrogens with one attached hydrogen (secondary N) is 2. The zero-order valence-corrected chi connectivity index (χ0v) is 10.8. The van der Waals surface area contributed by atoms with Crippen molar-refractivity contribution < 1.29 is 4.79 Å². The quantitative estimate of drug-likeness (QED) is 0.827. The minimum absolute atomic E-state index is 0.171. The summed E-state index contributed by atoms with van der Waals surface area (Å²) in [7, 11) is 0. The molecule has 0 saturated carbocycles. The summed E-state index contributed by atoms with van der Waals surface area (Å²) in [6, 6.07) is 9.46. The number of halogens is 1. The molecule has 1 unspecified atom stereocenters. The van der Waals surface area contributed by atoms with Gasteiger partial charge in [-0.2, -0.15) is 0 Å². The molecule has 1 aromatic heterocycles. The van der Waals surface area contributed by atoms with Gasteiger partial charge in [0.05, 0.1) is 5.38 Å². The standard InChI is InChI=1S/C14H12ClN3O/c15-13(10-2-1-5-16-7-10)9-3-4-12-11(6-9)8-17-14(19)18-12/h1-7,13H,8H2,(H2,17,18,19). The highest BCUT2D eigenvalue weighted by Gasteiger charge is 2.17. The van der Waals surface area contributed by atoms with Crippen LogP contribution in [-0.4, -0.2) is 11.0 Å². The molecule has 1 aliphatic rings. The maximum Gasteiger partial charge on any atom is 0.319 e. The van der Waals surface area contributed by atoms with Crippen molar-refractivity contribution in [1.82, 2.24) is 10.3 Å². The molecule has 2 amide bonds. The van der Waals surface area contributed by atoms with Crippen molar-refractivity contribution in [1.29, 1.82) is 0 Å². The van der Waals surface area contributed by atoms with Gasteiger partial charge in [0.2, 0.25) is 0 Å². The predicted octanol–water partition coefficient (Wildman–Crippen LogP) is 3.04. The third-order valence-corrected chi connectivity index (χ3v) is 3.59. The van der Waals surface area contributed by atoms with Gasteiger partial charge in [-0.05, 0) is 28.8 Å². The van der Waals surface area contributed by atoms with Crippen LogP contribution >= 0.6 is 11.6 Å². The Bertz CT molecular complexity index is 615. The van der Waals surface area contributed by atoms with Crippen LogP contribution in [0.15, 0.2) is 42.7 Å². The number of nitrogens with zero attached hydrogens (tertiary/aromatic N) is 1. The van der Waals surface area contributed by atoms with E-state index in [0.29, 0.717) is 6.54 Å². The van der Waals surface area contributed by atoms with E-state index in [9.17, 15) is 4.79 Å². The molecule has 0 aliphatic carbocycles. The second-order valence-electron chi connectivity index (χ2n) is 4.37. The Morgan fingerprint density at radius 1 is 1.26 bits per heavy atom. The summed E-state index contributed by atoms with van der Waals surface area (Å²) in [5.74, 6) is 0. The Kier molecular flexibility index (Phi) is 3.09. The average Bonchev–Trinajstić information content (AvgIpc) is 2.47. The number of hydrogen-bond donors (Lipinski definition) is 2. The van der Waals surface area contributed by atoms with Crippen molar-refractivity contribution in [3.63, 3.8) is 0 Å². The molecule has 2 aromatic rings. The first kappa shape index (κ1) is 12.0. The molecule has 96 valence electrons. The molecule has 1 aromatic carbocycles. The topological polar surface area (TPSA) is 54.0 Å². The largest absolute Gasteiger partial charge is 0.334 e. The third kappa shape index (κ3) is 2.39. The fourth-order valence-electron chi connectivity index (χ4n) is 2.10. The molecule has 19 heavy (non-hydrogen) atoms. The van der Waals surface area contributed by atoms with E-state index in [2.05, 4.69) is 15.6 Å². The zero-order valence-electron chi connectivity index (χ0n) is 10.1. The van der Waals surface area contributed by atoms with E-state index in [1.165, 1.54) is 0 Å². The van der Waals surface area contributed by atoms with Gasteiger partial charge in [0.1, 0.15) is 0 Å². The van der Waals surface area contributed by atoms with Crippen LogP contribution in [0.5, 0.6) is 0 Å². The van der Waals surface area contributed by atoms with E-state index in [1.807, 2.05) is 30.3 Å². The fraction of sp³-hybridized carbons (Fsp3) is 0.143. The summed E-state index contributed by atoms with van der Waals surface area (Å²) in [6.07, 6.45) is 3.48. The second kappa shape index (κ2) is 4.90. The lowest BCUT2D eigenvalue weighted by molar-refractivity contribution is 0.251. The molecule has 2 N–H and O–H groups in total. The molecule has 0 fully saturated rings. The highest BCUT2D eigenvalue weighted by molar-refractivity contribution is 6.22. The summed E-state index contributed by atoms with van der Waals surface area (Å²) in [6.45, 7) is 0.519. The predicted molar refractivity (Wildman–Crippen MR) is 74.2 cm³/mol.